The minimum atomic E-state index is 0.123. The van der Waals surface area contributed by atoms with Crippen LogP contribution in [0.5, 0.6) is 5.75 Å². The van der Waals surface area contributed by atoms with E-state index in [2.05, 4.69) is 5.32 Å². The molecule has 4 heteroatoms. The van der Waals surface area contributed by atoms with E-state index >= 15 is 0 Å². The zero-order valence-electron chi connectivity index (χ0n) is 12.1. The number of ether oxygens (including phenoxy) is 1. The van der Waals surface area contributed by atoms with Gasteiger partial charge in [-0.15, -0.1) is 0 Å². The number of hydrogen-bond acceptors (Lipinski definition) is 3. The van der Waals surface area contributed by atoms with Crippen molar-refractivity contribution in [1.82, 2.24) is 5.32 Å². The summed E-state index contributed by atoms with van der Waals surface area (Å²) in [6.45, 7) is 0.667. The van der Waals surface area contributed by atoms with E-state index in [1.807, 2.05) is 24.3 Å². The third-order valence-electron chi connectivity index (χ3n) is 4.08. The van der Waals surface area contributed by atoms with Crippen LogP contribution < -0.4 is 15.8 Å². The highest BCUT2D eigenvalue weighted by Crippen LogP contribution is 2.24. The molecule has 2 atom stereocenters. The average molecular weight is 276 g/mol. The molecule has 0 aliphatic heterocycles. The molecule has 0 aromatic heterocycles. The summed E-state index contributed by atoms with van der Waals surface area (Å²) >= 11 is 0. The van der Waals surface area contributed by atoms with Gasteiger partial charge in [0, 0.05) is 12.5 Å². The van der Waals surface area contributed by atoms with Gasteiger partial charge in [0.1, 0.15) is 5.75 Å². The Morgan fingerprint density at radius 1 is 1.45 bits per heavy atom. The molecule has 20 heavy (non-hydrogen) atoms. The molecule has 1 aliphatic rings. The first kappa shape index (κ1) is 14.9. The van der Waals surface area contributed by atoms with Crippen molar-refractivity contribution in [2.45, 2.75) is 38.1 Å². The molecule has 0 radical (unpaired) electrons. The van der Waals surface area contributed by atoms with Gasteiger partial charge in [0.2, 0.25) is 5.91 Å². The second kappa shape index (κ2) is 7.29. The van der Waals surface area contributed by atoms with Gasteiger partial charge < -0.3 is 15.8 Å². The molecule has 1 amide bonds. The van der Waals surface area contributed by atoms with Crippen LogP contribution in [0.3, 0.4) is 0 Å². The Kier molecular flexibility index (Phi) is 5.41. The summed E-state index contributed by atoms with van der Waals surface area (Å²) in [5, 5.41) is 3.13. The number of nitrogens with one attached hydrogen (secondary N) is 1. The molecule has 2 unspecified atom stereocenters. The first-order valence-electron chi connectivity index (χ1n) is 7.35. The fourth-order valence-electron chi connectivity index (χ4n) is 2.87. The minimum absolute atomic E-state index is 0.123. The molecule has 0 bridgehead atoms. The fraction of sp³-hybridized carbons (Fsp3) is 0.562. The lowest BCUT2D eigenvalue weighted by Gasteiger charge is -2.19. The predicted molar refractivity (Wildman–Crippen MR) is 79.6 cm³/mol. The second-order valence-electron chi connectivity index (χ2n) is 5.45. The number of aryl methyl sites for hydroxylation is 1. The minimum Gasteiger partial charge on any atom is -0.497 e. The number of benzene rings is 1. The molecule has 0 saturated heterocycles. The quantitative estimate of drug-likeness (QED) is 0.833. The van der Waals surface area contributed by atoms with Crippen LogP contribution >= 0.6 is 0 Å². The Balaban J connectivity index is 1.79. The van der Waals surface area contributed by atoms with Gasteiger partial charge in [-0.3, -0.25) is 4.79 Å². The summed E-state index contributed by atoms with van der Waals surface area (Å²) in [4.78, 5) is 12.0. The third kappa shape index (κ3) is 3.97. The van der Waals surface area contributed by atoms with Crippen molar-refractivity contribution in [3.63, 3.8) is 0 Å². The zero-order chi connectivity index (χ0) is 14.4. The molecular formula is C16H24N2O2. The van der Waals surface area contributed by atoms with E-state index in [1.165, 1.54) is 6.42 Å². The first-order chi connectivity index (χ1) is 9.72. The summed E-state index contributed by atoms with van der Waals surface area (Å²) in [6.07, 6.45) is 4.62. The number of nitrogens with two attached hydrogens (primary N) is 1. The summed E-state index contributed by atoms with van der Waals surface area (Å²) in [7, 11) is 1.65. The summed E-state index contributed by atoms with van der Waals surface area (Å²) in [6, 6.07) is 8.14. The lowest BCUT2D eigenvalue weighted by Crippen LogP contribution is -2.39. The van der Waals surface area contributed by atoms with Crippen LogP contribution in [0.1, 0.15) is 31.2 Å². The summed E-state index contributed by atoms with van der Waals surface area (Å²) in [5.74, 6) is 1.41. The van der Waals surface area contributed by atoms with Crippen LogP contribution in [0, 0.1) is 5.92 Å². The number of hydrogen-bond donors (Lipinski definition) is 2. The number of carbonyl (C=O) groups excluding carboxylic acids is 1. The molecule has 1 aromatic carbocycles. The van der Waals surface area contributed by atoms with Crippen molar-refractivity contribution in [2.24, 2.45) is 11.7 Å². The Morgan fingerprint density at radius 2 is 2.30 bits per heavy atom. The topological polar surface area (TPSA) is 64.3 Å². The van der Waals surface area contributed by atoms with E-state index in [1.54, 1.807) is 7.11 Å². The van der Waals surface area contributed by atoms with Gasteiger partial charge in [0.25, 0.3) is 0 Å². The van der Waals surface area contributed by atoms with E-state index in [0.717, 1.165) is 30.6 Å². The van der Waals surface area contributed by atoms with Gasteiger partial charge in [-0.05, 0) is 49.4 Å². The van der Waals surface area contributed by atoms with Crippen molar-refractivity contribution in [3.05, 3.63) is 29.8 Å². The molecule has 3 N–H and O–H groups in total. The summed E-state index contributed by atoms with van der Waals surface area (Å²) < 4.78 is 5.18. The highest BCUT2D eigenvalue weighted by Gasteiger charge is 2.26. The lowest BCUT2D eigenvalue weighted by molar-refractivity contribution is -0.122. The van der Waals surface area contributed by atoms with Crippen LogP contribution in [-0.4, -0.2) is 25.6 Å². The van der Waals surface area contributed by atoms with Gasteiger partial charge in [-0.2, -0.15) is 0 Å². The molecule has 4 nitrogen and oxygen atoms in total. The number of carbonyl (C=O) groups is 1. The standard InChI is InChI=1S/C16H24N2O2/c1-20-14-6-2-4-12(10-14)8-9-16(19)18-15-7-3-5-13(15)11-17/h2,4,6,10,13,15H,3,5,7-9,11,17H2,1H3,(H,18,19). The molecule has 1 aromatic rings. The largest absolute Gasteiger partial charge is 0.497 e. The molecule has 1 fully saturated rings. The number of methoxy groups -OCH3 is 1. The second-order valence-corrected chi connectivity index (χ2v) is 5.45. The van der Waals surface area contributed by atoms with Gasteiger partial charge in [-0.1, -0.05) is 18.6 Å². The molecule has 0 spiro atoms. The SMILES string of the molecule is COc1cccc(CCC(=O)NC2CCCC2CN)c1. The Morgan fingerprint density at radius 3 is 3.05 bits per heavy atom. The highest BCUT2D eigenvalue weighted by molar-refractivity contribution is 5.76. The number of amides is 1. The van der Waals surface area contributed by atoms with Gasteiger partial charge in [0.15, 0.2) is 0 Å². The van der Waals surface area contributed by atoms with E-state index in [4.69, 9.17) is 10.5 Å². The molecule has 2 rings (SSSR count). The van der Waals surface area contributed by atoms with Crippen molar-refractivity contribution < 1.29 is 9.53 Å². The van der Waals surface area contributed by atoms with Crippen molar-refractivity contribution in [3.8, 4) is 5.75 Å². The predicted octanol–water partition coefficient (Wildman–Crippen LogP) is 1.87. The monoisotopic (exact) mass is 276 g/mol. The van der Waals surface area contributed by atoms with E-state index in [0.29, 0.717) is 18.9 Å². The van der Waals surface area contributed by atoms with Gasteiger partial charge in [0.05, 0.1) is 7.11 Å². The van der Waals surface area contributed by atoms with E-state index in [9.17, 15) is 4.79 Å². The summed E-state index contributed by atoms with van der Waals surface area (Å²) in [5.41, 5.74) is 6.86. The van der Waals surface area contributed by atoms with Crippen molar-refractivity contribution in [1.29, 1.82) is 0 Å². The maximum atomic E-state index is 12.0. The maximum Gasteiger partial charge on any atom is 0.220 e. The van der Waals surface area contributed by atoms with Crippen molar-refractivity contribution in [2.75, 3.05) is 13.7 Å². The zero-order valence-corrected chi connectivity index (χ0v) is 12.1. The molecule has 0 heterocycles. The van der Waals surface area contributed by atoms with Crippen LogP contribution in [0.15, 0.2) is 24.3 Å². The maximum absolute atomic E-state index is 12.0. The molecule has 1 aliphatic carbocycles. The van der Waals surface area contributed by atoms with Gasteiger partial charge in [-0.25, -0.2) is 0 Å². The third-order valence-corrected chi connectivity index (χ3v) is 4.08. The normalized spacial score (nSPS) is 21.7. The Hall–Kier alpha value is -1.55. The van der Waals surface area contributed by atoms with Gasteiger partial charge >= 0.3 is 0 Å². The average Bonchev–Trinajstić information content (AvgIpc) is 2.92. The number of rotatable bonds is 6. The lowest BCUT2D eigenvalue weighted by atomic mass is 10.0. The smallest absolute Gasteiger partial charge is 0.220 e. The van der Waals surface area contributed by atoms with E-state index in [-0.39, 0.29) is 11.9 Å². The fourth-order valence-corrected chi connectivity index (χ4v) is 2.87. The Bertz CT molecular complexity index is 448. The van der Waals surface area contributed by atoms with Crippen LogP contribution in [-0.2, 0) is 11.2 Å². The molecule has 1 saturated carbocycles. The van der Waals surface area contributed by atoms with Crippen LogP contribution in [0.25, 0.3) is 0 Å². The van der Waals surface area contributed by atoms with Crippen molar-refractivity contribution >= 4 is 5.91 Å². The molecule has 110 valence electrons. The van der Waals surface area contributed by atoms with E-state index < -0.39 is 0 Å². The first-order valence-corrected chi connectivity index (χ1v) is 7.35. The van der Waals surface area contributed by atoms with Crippen LogP contribution in [0.2, 0.25) is 0 Å². The van der Waals surface area contributed by atoms with Crippen LogP contribution in [0.4, 0.5) is 0 Å². The highest BCUT2D eigenvalue weighted by atomic mass is 16.5. The molecular weight excluding hydrogens is 252 g/mol. The Labute approximate surface area is 120 Å².